The second kappa shape index (κ2) is 8.57. The summed E-state index contributed by atoms with van der Waals surface area (Å²) >= 11 is 0. The van der Waals surface area contributed by atoms with E-state index in [1.807, 2.05) is 25.1 Å². The normalized spacial score (nSPS) is 15.0. The summed E-state index contributed by atoms with van der Waals surface area (Å²) in [5, 5.41) is 0. The van der Waals surface area contributed by atoms with Crippen molar-refractivity contribution in [2.45, 2.75) is 34.2 Å². The van der Waals surface area contributed by atoms with Gasteiger partial charge in [-0.15, -0.1) is 0 Å². The van der Waals surface area contributed by atoms with E-state index in [0.717, 1.165) is 49.6 Å². The van der Waals surface area contributed by atoms with Crippen LogP contribution in [0, 0.1) is 13.8 Å². The third kappa shape index (κ3) is 4.51. The van der Waals surface area contributed by atoms with Gasteiger partial charge in [-0.3, -0.25) is 4.79 Å². The molecular formula is C23H31N2O2+. The van der Waals surface area contributed by atoms with Gasteiger partial charge in [0.1, 0.15) is 12.3 Å². The Morgan fingerprint density at radius 1 is 1.15 bits per heavy atom. The molecule has 0 aromatic heterocycles. The number of ketones is 1. The number of anilines is 1. The van der Waals surface area contributed by atoms with Crippen LogP contribution in [0.4, 0.5) is 5.69 Å². The fourth-order valence-corrected chi connectivity index (χ4v) is 3.82. The maximum absolute atomic E-state index is 11.8. The molecule has 4 heteroatoms. The highest BCUT2D eigenvalue weighted by Gasteiger charge is 2.23. The molecule has 1 aliphatic rings. The van der Waals surface area contributed by atoms with Crippen LogP contribution in [0.25, 0.3) is 0 Å². The lowest BCUT2D eigenvalue weighted by Crippen LogP contribution is -3.13. The quantitative estimate of drug-likeness (QED) is 0.797. The smallest absolute Gasteiger partial charge is 0.159 e. The topological polar surface area (TPSA) is 34.0 Å². The van der Waals surface area contributed by atoms with Gasteiger partial charge in [0.15, 0.2) is 5.78 Å². The first-order valence-electron chi connectivity index (χ1n) is 9.91. The number of carbonyl (C=O) groups is 1. The Labute approximate surface area is 162 Å². The second-order valence-electron chi connectivity index (χ2n) is 7.44. The second-order valence-corrected chi connectivity index (χ2v) is 7.44. The number of quaternary nitrogens is 1. The lowest BCUT2D eigenvalue weighted by Gasteiger charge is -2.35. The van der Waals surface area contributed by atoms with E-state index in [9.17, 15) is 4.79 Å². The first-order valence-corrected chi connectivity index (χ1v) is 9.91. The summed E-state index contributed by atoms with van der Waals surface area (Å²) in [6, 6.07) is 12.4. The van der Waals surface area contributed by atoms with Crippen molar-refractivity contribution in [1.29, 1.82) is 0 Å². The van der Waals surface area contributed by atoms with Crippen molar-refractivity contribution in [3.8, 4) is 5.75 Å². The average Bonchev–Trinajstić information content (AvgIpc) is 2.66. The van der Waals surface area contributed by atoms with Gasteiger partial charge in [0.05, 0.1) is 32.8 Å². The van der Waals surface area contributed by atoms with Crippen LogP contribution in [-0.4, -0.2) is 38.6 Å². The van der Waals surface area contributed by atoms with Crippen LogP contribution in [0.1, 0.15) is 40.9 Å². The molecule has 1 heterocycles. The highest BCUT2D eigenvalue weighted by Crippen LogP contribution is 2.23. The van der Waals surface area contributed by atoms with E-state index >= 15 is 0 Å². The molecule has 0 amide bonds. The molecule has 2 aromatic carbocycles. The minimum Gasteiger partial charge on any atom is -0.493 e. The Hall–Kier alpha value is -2.33. The molecule has 2 aromatic rings. The van der Waals surface area contributed by atoms with E-state index < -0.39 is 0 Å². The van der Waals surface area contributed by atoms with Gasteiger partial charge < -0.3 is 14.5 Å². The fourth-order valence-electron chi connectivity index (χ4n) is 3.82. The van der Waals surface area contributed by atoms with Crippen molar-refractivity contribution in [1.82, 2.24) is 0 Å². The Morgan fingerprint density at radius 3 is 2.56 bits per heavy atom. The van der Waals surface area contributed by atoms with Gasteiger partial charge in [0, 0.05) is 16.8 Å². The van der Waals surface area contributed by atoms with E-state index in [2.05, 4.69) is 36.9 Å². The number of nitrogens with zero attached hydrogens (tertiary/aromatic N) is 1. The number of ether oxygens (including phenoxy) is 1. The van der Waals surface area contributed by atoms with E-state index in [4.69, 9.17) is 4.74 Å². The predicted octanol–water partition coefficient (Wildman–Crippen LogP) is 2.81. The lowest BCUT2D eigenvalue weighted by molar-refractivity contribution is -0.914. The van der Waals surface area contributed by atoms with Crippen LogP contribution < -0.4 is 14.5 Å². The Bertz CT molecular complexity index is 808. The summed E-state index contributed by atoms with van der Waals surface area (Å²) in [6.45, 7) is 13.8. The number of hydrogen-bond donors (Lipinski definition) is 1. The third-order valence-corrected chi connectivity index (χ3v) is 5.59. The monoisotopic (exact) mass is 367 g/mol. The molecule has 1 N–H and O–H groups in total. The summed E-state index contributed by atoms with van der Waals surface area (Å²) in [7, 11) is 0. The maximum atomic E-state index is 11.8. The van der Waals surface area contributed by atoms with Crippen LogP contribution in [0.3, 0.4) is 0 Å². The van der Waals surface area contributed by atoms with Crippen molar-refractivity contribution >= 4 is 11.5 Å². The molecule has 144 valence electrons. The number of piperazine rings is 1. The highest BCUT2D eigenvalue weighted by atomic mass is 16.5. The molecule has 0 saturated carbocycles. The van der Waals surface area contributed by atoms with Gasteiger partial charge in [0.25, 0.3) is 0 Å². The number of nitrogens with one attached hydrogen (secondary N) is 1. The molecule has 0 spiro atoms. The molecule has 0 unspecified atom stereocenters. The zero-order chi connectivity index (χ0) is 19.4. The van der Waals surface area contributed by atoms with Crippen LogP contribution >= 0.6 is 0 Å². The number of rotatable bonds is 6. The summed E-state index contributed by atoms with van der Waals surface area (Å²) in [5.41, 5.74) is 6.00. The highest BCUT2D eigenvalue weighted by molar-refractivity contribution is 5.94. The Kier molecular flexibility index (Phi) is 6.17. The number of aryl methyl sites for hydroxylation is 1. The van der Waals surface area contributed by atoms with Gasteiger partial charge in [-0.05, 0) is 63.1 Å². The van der Waals surface area contributed by atoms with Crippen molar-refractivity contribution in [2.24, 2.45) is 0 Å². The van der Waals surface area contributed by atoms with Crippen LogP contribution in [0.15, 0.2) is 36.4 Å². The SMILES string of the molecule is CCOc1ccc(C(C)=O)cc1C[NH+]1CCN(c2cccc(C)c2C)CC1. The largest absolute Gasteiger partial charge is 0.493 e. The molecular weight excluding hydrogens is 336 g/mol. The molecule has 3 rings (SSSR count). The predicted molar refractivity (Wildman–Crippen MR) is 110 cm³/mol. The zero-order valence-corrected chi connectivity index (χ0v) is 17.0. The van der Waals surface area contributed by atoms with Crippen LogP contribution in [0.2, 0.25) is 0 Å². The van der Waals surface area contributed by atoms with Crippen LogP contribution in [-0.2, 0) is 6.54 Å². The van der Waals surface area contributed by atoms with Crippen molar-refractivity contribution < 1.29 is 14.4 Å². The number of Topliss-reactive ketones (excluding diaryl/α,β-unsaturated/α-hetero) is 1. The van der Waals surface area contributed by atoms with E-state index in [1.165, 1.54) is 16.8 Å². The standard InChI is InChI=1S/C23H30N2O2/c1-5-27-23-10-9-20(19(4)26)15-21(23)16-24-11-13-25(14-12-24)22-8-6-7-17(2)18(22)3/h6-10,15H,5,11-14,16H2,1-4H3/p+1. The molecule has 0 aliphatic carbocycles. The summed E-state index contributed by atoms with van der Waals surface area (Å²) in [4.78, 5) is 15.8. The molecule has 1 aliphatic heterocycles. The fraction of sp³-hybridized carbons (Fsp3) is 0.435. The molecule has 0 radical (unpaired) electrons. The summed E-state index contributed by atoms with van der Waals surface area (Å²) < 4.78 is 5.80. The average molecular weight is 368 g/mol. The van der Waals surface area contributed by atoms with E-state index in [1.54, 1.807) is 11.8 Å². The first kappa shape index (κ1) is 19.4. The molecule has 27 heavy (non-hydrogen) atoms. The molecule has 1 fully saturated rings. The van der Waals surface area contributed by atoms with Gasteiger partial charge in [0.2, 0.25) is 0 Å². The lowest BCUT2D eigenvalue weighted by atomic mass is 10.1. The summed E-state index contributed by atoms with van der Waals surface area (Å²) in [6.07, 6.45) is 0. The number of carbonyl (C=O) groups excluding carboxylic acids is 1. The minimum atomic E-state index is 0.106. The third-order valence-electron chi connectivity index (χ3n) is 5.59. The number of hydrogen-bond acceptors (Lipinski definition) is 3. The van der Waals surface area contributed by atoms with E-state index in [-0.39, 0.29) is 5.78 Å². The molecule has 4 nitrogen and oxygen atoms in total. The Morgan fingerprint density at radius 2 is 1.89 bits per heavy atom. The molecule has 0 atom stereocenters. The van der Waals surface area contributed by atoms with Gasteiger partial charge in [-0.2, -0.15) is 0 Å². The molecule has 1 saturated heterocycles. The molecule has 0 bridgehead atoms. The van der Waals surface area contributed by atoms with E-state index in [0.29, 0.717) is 6.61 Å². The van der Waals surface area contributed by atoms with Gasteiger partial charge in [-0.1, -0.05) is 12.1 Å². The first-order chi connectivity index (χ1) is 13.0. The van der Waals surface area contributed by atoms with Crippen molar-refractivity contribution in [2.75, 3.05) is 37.7 Å². The minimum absolute atomic E-state index is 0.106. The van der Waals surface area contributed by atoms with Crippen LogP contribution in [0.5, 0.6) is 5.75 Å². The summed E-state index contributed by atoms with van der Waals surface area (Å²) in [5.74, 6) is 1.01. The maximum Gasteiger partial charge on any atom is 0.159 e. The van der Waals surface area contributed by atoms with Crippen molar-refractivity contribution in [3.05, 3.63) is 58.7 Å². The van der Waals surface area contributed by atoms with Gasteiger partial charge >= 0.3 is 0 Å². The Balaban J connectivity index is 1.69. The van der Waals surface area contributed by atoms with Crippen molar-refractivity contribution in [3.63, 3.8) is 0 Å². The zero-order valence-electron chi connectivity index (χ0n) is 17.0. The van der Waals surface area contributed by atoms with Gasteiger partial charge in [-0.25, -0.2) is 0 Å². The number of benzene rings is 2.